The molecule has 2 fully saturated rings. The van der Waals surface area contributed by atoms with Crippen molar-refractivity contribution in [2.75, 3.05) is 66.5 Å². The van der Waals surface area contributed by atoms with Crippen LogP contribution >= 0.6 is 0 Å². The van der Waals surface area contributed by atoms with E-state index >= 15 is 0 Å². The summed E-state index contributed by atoms with van der Waals surface area (Å²) in [6, 6.07) is 12.9. The molecular formula is C37H51N7O6. The minimum atomic E-state index is -0.957. The summed E-state index contributed by atoms with van der Waals surface area (Å²) < 4.78 is 5.77. The third-order valence-electron chi connectivity index (χ3n) is 9.62. The van der Waals surface area contributed by atoms with Crippen LogP contribution in [0.3, 0.4) is 0 Å². The number of carbonyl (C=O) groups is 5. The van der Waals surface area contributed by atoms with Crippen LogP contribution in [0.2, 0.25) is 0 Å². The molecule has 0 spiro atoms. The van der Waals surface area contributed by atoms with Crippen molar-refractivity contribution in [1.29, 1.82) is 0 Å². The summed E-state index contributed by atoms with van der Waals surface area (Å²) >= 11 is 0. The van der Waals surface area contributed by atoms with Crippen LogP contribution in [0, 0.1) is 0 Å². The van der Waals surface area contributed by atoms with Crippen LogP contribution in [0.4, 0.5) is 0 Å². The Morgan fingerprint density at radius 3 is 2.30 bits per heavy atom. The van der Waals surface area contributed by atoms with Crippen molar-refractivity contribution in [3.8, 4) is 5.75 Å². The highest BCUT2D eigenvalue weighted by Gasteiger charge is 2.39. The Bertz CT molecular complexity index is 1480. The van der Waals surface area contributed by atoms with Crippen molar-refractivity contribution in [3.63, 3.8) is 0 Å². The molecule has 270 valence electrons. The third-order valence-corrected chi connectivity index (χ3v) is 9.62. The predicted octanol–water partition coefficient (Wildman–Crippen LogP) is 0.425. The van der Waals surface area contributed by atoms with Gasteiger partial charge in [0.1, 0.15) is 29.9 Å². The van der Waals surface area contributed by atoms with Gasteiger partial charge in [0.2, 0.25) is 23.6 Å². The maximum Gasteiger partial charge on any atom is 0.258 e. The van der Waals surface area contributed by atoms with Gasteiger partial charge in [-0.15, -0.1) is 0 Å². The SMILES string of the molecule is C[C@@H]1NC(=O)[C@H]2CCCN2C(=O)[C@@H](Cc2ccccc2)NC(=O)COc2ccc(cc2)C[C@@H](C(=O)N2CCN(CCCN(C)C)CC2)NC1=O. The van der Waals surface area contributed by atoms with Crippen LogP contribution in [0.25, 0.3) is 0 Å². The van der Waals surface area contributed by atoms with Gasteiger partial charge in [-0.2, -0.15) is 0 Å². The molecule has 5 amide bonds. The zero-order valence-corrected chi connectivity index (χ0v) is 29.4. The van der Waals surface area contributed by atoms with E-state index in [9.17, 15) is 24.0 Å². The molecule has 13 heteroatoms. The number of nitrogens with zero attached hydrogens (tertiary/aromatic N) is 4. The first-order valence-corrected chi connectivity index (χ1v) is 17.7. The van der Waals surface area contributed by atoms with E-state index < -0.39 is 41.9 Å². The van der Waals surface area contributed by atoms with Gasteiger partial charge in [-0.1, -0.05) is 42.5 Å². The normalized spacial score (nSPS) is 24.4. The number of amides is 5. The van der Waals surface area contributed by atoms with E-state index in [-0.39, 0.29) is 31.3 Å². The van der Waals surface area contributed by atoms with Crippen molar-refractivity contribution in [3.05, 3.63) is 65.7 Å². The van der Waals surface area contributed by atoms with Gasteiger partial charge >= 0.3 is 0 Å². The number of ether oxygens (including phenoxy) is 1. The molecule has 0 unspecified atom stereocenters. The maximum atomic E-state index is 13.9. The first-order chi connectivity index (χ1) is 24.1. The number of fused-ring (bicyclic) bond motifs is 13. The molecule has 4 atom stereocenters. The highest BCUT2D eigenvalue weighted by Crippen LogP contribution is 2.21. The average Bonchev–Trinajstić information content (AvgIpc) is 3.61. The van der Waals surface area contributed by atoms with Gasteiger partial charge in [-0.05, 0) is 76.6 Å². The highest BCUT2D eigenvalue weighted by atomic mass is 16.5. The zero-order chi connectivity index (χ0) is 35.6. The summed E-state index contributed by atoms with van der Waals surface area (Å²) in [4.78, 5) is 75.9. The van der Waals surface area contributed by atoms with Crippen LogP contribution in [-0.4, -0.2) is 140 Å². The number of rotatable bonds is 7. The quantitative estimate of drug-likeness (QED) is 0.380. The lowest BCUT2D eigenvalue weighted by atomic mass is 10.0. The van der Waals surface area contributed by atoms with E-state index in [4.69, 9.17) is 4.74 Å². The second kappa shape index (κ2) is 17.4. The molecular weight excluding hydrogens is 638 g/mol. The average molecular weight is 690 g/mol. The lowest BCUT2D eigenvalue weighted by Gasteiger charge is -2.37. The smallest absolute Gasteiger partial charge is 0.258 e. The van der Waals surface area contributed by atoms with E-state index in [1.54, 1.807) is 36.1 Å². The molecule has 0 aromatic heterocycles. The lowest BCUT2D eigenvalue weighted by molar-refractivity contribution is -0.142. The van der Waals surface area contributed by atoms with Crippen molar-refractivity contribution in [2.24, 2.45) is 0 Å². The van der Waals surface area contributed by atoms with Crippen LogP contribution in [0.15, 0.2) is 54.6 Å². The van der Waals surface area contributed by atoms with Crippen molar-refractivity contribution in [2.45, 2.75) is 63.2 Å². The molecule has 13 nitrogen and oxygen atoms in total. The first-order valence-electron chi connectivity index (χ1n) is 17.7. The summed E-state index contributed by atoms with van der Waals surface area (Å²) in [6.45, 7) is 6.22. The monoisotopic (exact) mass is 689 g/mol. The number of piperazine rings is 1. The first kappa shape index (κ1) is 36.8. The summed E-state index contributed by atoms with van der Waals surface area (Å²) in [5.74, 6) is -1.50. The molecule has 2 aromatic rings. The summed E-state index contributed by atoms with van der Waals surface area (Å²) in [5.41, 5.74) is 1.66. The molecule has 0 radical (unpaired) electrons. The summed E-state index contributed by atoms with van der Waals surface area (Å²) in [6.07, 6.45) is 2.56. The van der Waals surface area contributed by atoms with Crippen LogP contribution in [-0.2, 0) is 36.8 Å². The van der Waals surface area contributed by atoms with Gasteiger partial charge in [0, 0.05) is 45.6 Å². The Kier molecular flexibility index (Phi) is 12.8. The molecule has 2 saturated heterocycles. The molecule has 0 aliphatic carbocycles. The lowest BCUT2D eigenvalue weighted by Crippen LogP contribution is -2.59. The van der Waals surface area contributed by atoms with Gasteiger partial charge in [-0.25, -0.2) is 0 Å². The van der Waals surface area contributed by atoms with Crippen LogP contribution < -0.4 is 20.7 Å². The Hall–Kier alpha value is -4.49. The van der Waals surface area contributed by atoms with Gasteiger partial charge in [0.15, 0.2) is 6.61 Å². The van der Waals surface area contributed by atoms with E-state index in [0.717, 1.165) is 43.7 Å². The molecule has 0 saturated carbocycles. The molecule has 2 aromatic carbocycles. The van der Waals surface area contributed by atoms with E-state index in [1.807, 2.05) is 30.3 Å². The molecule has 4 heterocycles. The fourth-order valence-electron chi connectivity index (χ4n) is 6.79. The molecule has 50 heavy (non-hydrogen) atoms. The maximum absolute atomic E-state index is 13.9. The van der Waals surface area contributed by atoms with E-state index in [2.05, 4.69) is 39.8 Å². The van der Waals surface area contributed by atoms with Crippen molar-refractivity contribution >= 4 is 29.5 Å². The van der Waals surface area contributed by atoms with Gasteiger partial charge in [0.25, 0.3) is 5.91 Å². The van der Waals surface area contributed by atoms with Gasteiger partial charge in [-0.3, -0.25) is 28.9 Å². The predicted molar refractivity (Wildman–Crippen MR) is 188 cm³/mol. The number of nitrogens with one attached hydrogen (secondary N) is 3. The fraction of sp³-hybridized carbons (Fsp3) is 0.541. The zero-order valence-electron chi connectivity index (χ0n) is 29.4. The number of hydrogen-bond acceptors (Lipinski definition) is 8. The Morgan fingerprint density at radius 2 is 1.60 bits per heavy atom. The third kappa shape index (κ3) is 10.0. The van der Waals surface area contributed by atoms with E-state index in [1.165, 1.54) is 4.90 Å². The minimum Gasteiger partial charge on any atom is -0.484 e. The van der Waals surface area contributed by atoms with E-state index in [0.29, 0.717) is 38.2 Å². The standard InChI is InChI=1S/C37H51N7O6/c1-26-34(46)40-30(36(48)43-21-19-42(20-22-43)17-8-16-41(2)3)24-28-12-14-29(15-13-28)50-25-33(45)39-31(23-27-9-5-4-6-10-27)37(49)44-18-7-11-32(44)35(47)38-26/h4-6,9-10,12-15,26,30-32H,7-8,11,16-25H2,1-3H3,(H,38,47)(H,39,45)(H,40,46)/t26-,30-,31+,32+/m0/s1. The van der Waals surface area contributed by atoms with Gasteiger partial charge in [0.05, 0.1) is 0 Å². The Morgan fingerprint density at radius 1 is 0.880 bits per heavy atom. The van der Waals surface area contributed by atoms with Crippen LogP contribution in [0.1, 0.15) is 37.3 Å². The molecule has 2 bridgehead atoms. The fourth-order valence-corrected chi connectivity index (χ4v) is 6.79. The second-order valence-electron chi connectivity index (χ2n) is 13.8. The summed E-state index contributed by atoms with van der Waals surface area (Å²) in [5, 5.41) is 8.54. The Balaban J connectivity index is 1.33. The summed E-state index contributed by atoms with van der Waals surface area (Å²) in [7, 11) is 4.11. The largest absolute Gasteiger partial charge is 0.484 e. The minimum absolute atomic E-state index is 0.176. The van der Waals surface area contributed by atoms with Crippen LogP contribution in [0.5, 0.6) is 5.75 Å². The molecule has 4 aliphatic rings. The topological polar surface area (TPSA) is 144 Å². The number of hydrogen-bond donors (Lipinski definition) is 3. The number of benzene rings is 2. The molecule has 6 rings (SSSR count). The highest BCUT2D eigenvalue weighted by molar-refractivity contribution is 5.96. The van der Waals surface area contributed by atoms with Gasteiger partial charge < -0.3 is 35.4 Å². The van der Waals surface area contributed by atoms with Crippen molar-refractivity contribution < 1.29 is 28.7 Å². The molecule has 4 aliphatic heterocycles. The number of carbonyl (C=O) groups excluding carboxylic acids is 5. The molecule has 3 N–H and O–H groups in total. The van der Waals surface area contributed by atoms with Crippen molar-refractivity contribution in [1.82, 2.24) is 35.6 Å². The Labute approximate surface area is 294 Å². The second-order valence-corrected chi connectivity index (χ2v) is 13.8.